The summed E-state index contributed by atoms with van der Waals surface area (Å²) in [7, 11) is 0. The van der Waals surface area contributed by atoms with Gasteiger partial charge < -0.3 is 5.73 Å². The van der Waals surface area contributed by atoms with E-state index < -0.39 is 6.17 Å². The highest BCUT2D eigenvalue weighted by Gasteiger charge is 2.19. The zero-order valence-electron chi connectivity index (χ0n) is 8.52. The molecule has 0 fully saturated rings. The average Bonchev–Trinajstić information content (AvgIpc) is 1.98. The van der Waals surface area contributed by atoms with Gasteiger partial charge in [-0.25, -0.2) is 4.39 Å². The number of hydrogen-bond acceptors (Lipinski definition) is 1. The number of alkyl halides is 1. The van der Waals surface area contributed by atoms with E-state index in [0.717, 1.165) is 12.8 Å². The van der Waals surface area contributed by atoms with E-state index in [0.29, 0.717) is 18.9 Å². The normalized spacial score (nSPS) is 16.5. The van der Waals surface area contributed by atoms with Gasteiger partial charge in [0.15, 0.2) is 0 Å². The average molecular weight is 175 g/mol. The Bertz CT molecular complexity index is 104. The first-order chi connectivity index (χ1) is 5.61. The third-order valence-corrected chi connectivity index (χ3v) is 2.17. The van der Waals surface area contributed by atoms with E-state index in [1.54, 1.807) is 0 Å². The van der Waals surface area contributed by atoms with E-state index in [1.807, 2.05) is 13.8 Å². The van der Waals surface area contributed by atoms with E-state index in [1.165, 1.54) is 0 Å². The lowest BCUT2D eigenvalue weighted by atomic mass is 9.92. The van der Waals surface area contributed by atoms with Crippen LogP contribution < -0.4 is 5.73 Å². The van der Waals surface area contributed by atoms with Crippen LogP contribution in [0.1, 0.15) is 40.0 Å². The fourth-order valence-electron chi connectivity index (χ4n) is 1.46. The summed E-state index contributed by atoms with van der Waals surface area (Å²) in [4.78, 5) is 0. The molecule has 0 amide bonds. The second-order valence-corrected chi connectivity index (χ2v) is 3.93. The minimum Gasteiger partial charge on any atom is -0.330 e. The van der Waals surface area contributed by atoms with Crippen molar-refractivity contribution in [2.75, 3.05) is 6.54 Å². The summed E-state index contributed by atoms with van der Waals surface area (Å²) in [5, 5.41) is 0. The van der Waals surface area contributed by atoms with Crippen LogP contribution in [0.4, 0.5) is 4.39 Å². The van der Waals surface area contributed by atoms with Crippen LogP contribution in [0, 0.1) is 11.8 Å². The summed E-state index contributed by atoms with van der Waals surface area (Å²) in [6.07, 6.45) is 1.90. The second kappa shape index (κ2) is 6.41. The minimum atomic E-state index is -0.699. The molecule has 1 nitrogen and oxygen atoms in total. The molecule has 0 saturated heterocycles. The van der Waals surface area contributed by atoms with Crippen LogP contribution in [0.5, 0.6) is 0 Å². The molecule has 0 radical (unpaired) electrons. The molecule has 0 aromatic carbocycles. The Hall–Kier alpha value is -0.110. The van der Waals surface area contributed by atoms with E-state index in [4.69, 9.17) is 5.73 Å². The highest BCUT2D eigenvalue weighted by Crippen LogP contribution is 2.19. The van der Waals surface area contributed by atoms with Gasteiger partial charge >= 0.3 is 0 Å². The summed E-state index contributed by atoms with van der Waals surface area (Å²) in [5.41, 5.74) is 5.50. The van der Waals surface area contributed by atoms with E-state index in [2.05, 4.69) is 6.92 Å². The highest BCUT2D eigenvalue weighted by molar-refractivity contribution is 4.70. The van der Waals surface area contributed by atoms with Gasteiger partial charge in [0.2, 0.25) is 0 Å². The lowest BCUT2D eigenvalue weighted by Crippen LogP contribution is -2.25. The molecule has 2 atom stereocenters. The summed E-state index contributed by atoms with van der Waals surface area (Å²) in [5.74, 6) is 0.517. The molecule has 0 aliphatic rings. The first-order valence-electron chi connectivity index (χ1n) is 4.95. The number of rotatable bonds is 6. The third-order valence-electron chi connectivity index (χ3n) is 2.17. The van der Waals surface area contributed by atoms with Crippen molar-refractivity contribution in [2.45, 2.75) is 46.2 Å². The fraction of sp³-hybridized carbons (Fsp3) is 1.00. The Labute approximate surface area is 75.5 Å². The molecule has 2 N–H and O–H groups in total. The fourth-order valence-corrected chi connectivity index (χ4v) is 1.46. The van der Waals surface area contributed by atoms with Crippen LogP contribution >= 0.6 is 0 Å². The van der Waals surface area contributed by atoms with Gasteiger partial charge in [-0.3, -0.25) is 0 Å². The van der Waals surface area contributed by atoms with Crippen LogP contribution in [-0.2, 0) is 0 Å². The second-order valence-electron chi connectivity index (χ2n) is 3.93. The molecule has 0 aliphatic heterocycles. The van der Waals surface area contributed by atoms with Gasteiger partial charge in [0.05, 0.1) is 0 Å². The monoisotopic (exact) mass is 175 g/mol. The Morgan fingerprint density at radius 2 is 1.92 bits per heavy atom. The Morgan fingerprint density at radius 1 is 1.33 bits per heavy atom. The van der Waals surface area contributed by atoms with Crippen molar-refractivity contribution in [3.63, 3.8) is 0 Å². The SMILES string of the molecule is CCCC(CN)C(F)CC(C)C. The topological polar surface area (TPSA) is 26.0 Å². The van der Waals surface area contributed by atoms with Gasteiger partial charge in [-0.2, -0.15) is 0 Å². The molecule has 0 bridgehead atoms. The maximum Gasteiger partial charge on any atom is 0.104 e. The molecule has 12 heavy (non-hydrogen) atoms. The first kappa shape index (κ1) is 11.9. The Morgan fingerprint density at radius 3 is 2.25 bits per heavy atom. The molecule has 0 rings (SSSR count). The van der Waals surface area contributed by atoms with Crippen LogP contribution in [0.15, 0.2) is 0 Å². The van der Waals surface area contributed by atoms with Crippen LogP contribution in [0.25, 0.3) is 0 Å². The highest BCUT2D eigenvalue weighted by atomic mass is 19.1. The van der Waals surface area contributed by atoms with Gasteiger partial charge in [0.25, 0.3) is 0 Å². The molecule has 2 heteroatoms. The van der Waals surface area contributed by atoms with Crippen LogP contribution in [0.3, 0.4) is 0 Å². The zero-order valence-corrected chi connectivity index (χ0v) is 8.52. The molecule has 0 saturated carbocycles. The molecule has 2 unspecified atom stereocenters. The van der Waals surface area contributed by atoms with Crippen molar-refractivity contribution in [1.82, 2.24) is 0 Å². The van der Waals surface area contributed by atoms with Crippen molar-refractivity contribution in [2.24, 2.45) is 17.6 Å². The maximum absolute atomic E-state index is 13.4. The summed E-state index contributed by atoms with van der Waals surface area (Å²) >= 11 is 0. The molecule has 0 heterocycles. The third kappa shape index (κ3) is 4.70. The predicted octanol–water partition coefficient (Wildman–Crippen LogP) is 2.75. The molecule has 0 aliphatic carbocycles. The van der Waals surface area contributed by atoms with Gasteiger partial charge in [-0.1, -0.05) is 27.2 Å². The van der Waals surface area contributed by atoms with Gasteiger partial charge in [0, 0.05) is 5.92 Å². The number of halogens is 1. The minimum absolute atomic E-state index is 0.0809. The van der Waals surface area contributed by atoms with Crippen molar-refractivity contribution >= 4 is 0 Å². The van der Waals surface area contributed by atoms with E-state index in [-0.39, 0.29) is 5.92 Å². The lowest BCUT2D eigenvalue weighted by molar-refractivity contribution is 0.188. The largest absolute Gasteiger partial charge is 0.330 e. The van der Waals surface area contributed by atoms with Gasteiger partial charge in [-0.15, -0.1) is 0 Å². The standard InChI is InChI=1S/C10H22FN/c1-4-5-9(7-12)10(11)6-8(2)3/h8-10H,4-7,12H2,1-3H3. The molecular formula is C10H22FN. The molecular weight excluding hydrogens is 153 g/mol. The smallest absolute Gasteiger partial charge is 0.104 e. The van der Waals surface area contributed by atoms with E-state index >= 15 is 0 Å². The molecule has 0 aromatic rings. The summed E-state index contributed by atoms with van der Waals surface area (Å²) in [6, 6.07) is 0. The van der Waals surface area contributed by atoms with Crippen molar-refractivity contribution in [1.29, 1.82) is 0 Å². The molecule has 74 valence electrons. The maximum atomic E-state index is 13.4. The quantitative estimate of drug-likeness (QED) is 0.660. The van der Waals surface area contributed by atoms with Gasteiger partial charge in [0.1, 0.15) is 6.17 Å². The van der Waals surface area contributed by atoms with Crippen LogP contribution in [-0.4, -0.2) is 12.7 Å². The number of nitrogens with two attached hydrogens (primary N) is 1. The van der Waals surface area contributed by atoms with Crippen molar-refractivity contribution in [3.8, 4) is 0 Å². The predicted molar refractivity (Wildman–Crippen MR) is 51.8 cm³/mol. The summed E-state index contributed by atoms with van der Waals surface area (Å²) in [6.45, 7) is 6.66. The van der Waals surface area contributed by atoms with Crippen molar-refractivity contribution < 1.29 is 4.39 Å². The van der Waals surface area contributed by atoms with Gasteiger partial charge in [-0.05, 0) is 25.3 Å². The van der Waals surface area contributed by atoms with E-state index in [9.17, 15) is 4.39 Å². The van der Waals surface area contributed by atoms with Crippen LogP contribution in [0.2, 0.25) is 0 Å². The molecule has 0 aromatic heterocycles. The Balaban J connectivity index is 3.76. The molecule has 0 spiro atoms. The number of hydrogen-bond donors (Lipinski definition) is 1. The zero-order chi connectivity index (χ0) is 9.56. The summed E-state index contributed by atoms with van der Waals surface area (Å²) < 4.78 is 13.4. The van der Waals surface area contributed by atoms with Crippen molar-refractivity contribution in [3.05, 3.63) is 0 Å². The first-order valence-corrected chi connectivity index (χ1v) is 4.95. The lowest BCUT2D eigenvalue weighted by Gasteiger charge is -2.20. The Kier molecular flexibility index (Phi) is 6.35.